The van der Waals surface area contributed by atoms with Crippen LogP contribution in [-0.2, 0) is 9.54 Å². The minimum absolute atomic E-state index is 0.180. The monoisotopic (exact) mass is 313 g/mol. The number of hydrogen-bond acceptors (Lipinski definition) is 5. The molecular formula is C16H15N3O2S. The smallest absolute Gasteiger partial charge is 0.268 e. The van der Waals surface area contributed by atoms with Gasteiger partial charge in [0.25, 0.3) is 5.91 Å². The van der Waals surface area contributed by atoms with Crippen LogP contribution in [0.5, 0.6) is 0 Å². The molecule has 5 nitrogen and oxygen atoms in total. The number of nitrogens with one attached hydrogen (secondary N) is 1. The Morgan fingerprint density at radius 3 is 2.27 bits per heavy atom. The summed E-state index contributed by atoms with van der Waals surface area (Å²) in [5, 5.41) is 14.0. The van der Waals surface area contributed by atoms with Crippen molar-refractivity contribution in [3.05, 3.63) is 66.2 Å². The van der Waals surface area contributed by atoms with Crippen molar-refractivity contribution in [3.8, 4) is 0 Å². The second kappa shape index (κ2) is 5.73. The van der Waals surface area contributed by atoms with Gasteiger partial charge in [0.1, 0.15) is 4.75 Å². The van der Waals surface area contributed by atoms with Crippen LogP contribution in [0.4, 0.5) is 5.69 Å². The fraction of sp³-hybridized carbons (Fsp3) is 0.125. The Morgan fingerprint density at radius 2 is 1.68 bits per heavy atom. The third-order valence-electron chi connectivity index (χ3n) is 3.52. The number of para-hydroxylation sites is 1. The average molecular weight is 313 g/mol. The first-order chi connectivity index (χ1) is 10.6. The van der Waals surface area contributed by atoms with Crippen LogP contribution >= 0.6 is 11.8 Å². The molecule has 1 saturated heterocycles. The van der Waals surface area contributed by atoms with Crippen LogP contribution in [-0.4, -0.2) is 21.3 Å². The van der Waals surface area contributed by atoms with Gasteiger partial charge in [-0.3, -0.25) is 10.2 Å². The lowest BCUT2D eigenvalue weighted by Gasteiger charge is -2.22. The number of hydrazine groups is 1. The number of amides is 1. The molecule has 2 aromatic carbocycles. The van der Waals surface area contributed by atoms with Gasteiger partial charge in [0.05, 0.1) is 5.69 Å². The van der Waals surface area contributed by atoms with Crippen molar-refractivity contribution in [1.29, 1.82) is 0 Å². The molecule has 3 rings (SSSR count). The number of carbonyl (C=O) groups is 1. The number of benzene rings is 2. The molecule has 1 heterocycles. The molecule has 0 spiro atoms. The maximum absolute atomic E-state index is 12.9. The van der Waals surface area contributed by atoms with Crippen LogP contribution in [0.2, 0.25) is 0 Å². The van der Waals surface area contributed by atoms with Gasteiger partial charge in [-0.05, 0) is 24.6 Å². The second-order valence-corrected chi connectivity index (χ2v) is 6.39. The zero-order valence-corrected chi connectivity index (χ0v) is 12.7. The quantitative estimate of drug-likeness (QED) is 0.674. The highest BCUT2D eigenvalue weighted by molar-refractivity contribution is 8.15. The molecule has 1 fully saturated rings. The van der Waals surface area contributed by atoms with E-state index in [1.807, 2.05) is 67.6 Å². The van der Waals surface area contributed by atoms with E-state index in [0.717, 1.165) is 11.3 Å². The average Bonchev–Trinajstić information content (AvgIpc) is 2.82. The summed E-state index contributed by atoms with van der Waals surface area (Å²) in [7, 11) is 0. The van der Waals surface area contributed by atoms with Crippen molar-refractivity contribution in [2.45, 2.75) is 11.7 Å². The summed E-state index contributed by atoms with van der Waals surface area (Å²) >= 11 is 1.22. The Balaban J connectivity index is 1.94. The molecule has 22 heavy (non-hydrogen) atoms. The van der Waals surface area contributed by atoms with Crippen LogP contribution in [0.15, 0.2) is 65.8 Å². The van der Waals surface area contributed by atoms with E-state index in [4.69, 9.17) is 0 Å². The molecule has 1 aliphatic heterocycles. The molecule has 6 heteroatoms. The Labute approximate surface area is 132 Å². The Morgan fingerprint density at radius 1 is 1.09 bits per heavy atom. The summed E-state index contributed by atoms with van der Waals surface area (Å²) in [6.07, 6.45) is 0. The van der Waals surface area contributed by atoms with E-state index in [2.05, 4.69) is 10.6 Å². The van der Waals surface area contributed by atoms with Crippen LogP contribution in [0, 0.1) is 0 Å². The molecule has 0 bridgehead atoms. The van der Waals surface area contributed by atoms with Gasteiger partial charge in [0.15, 0.2) is 0 Å². The number of rotatable bonds is 3. The number of oxime groups is 1. The summed E-state index contributed by atoms with van der Waals surface area (Å²) in [4.78, 5) is 12.9. The number of anilines is 1. The van der Waals surface area contributed by atoms with E-state index in [1.54, 1.807) is 0 Å². The third kappa shape index (κ3) is 2.42. The largest absolute Gasteiger partial charge is 0.409 e. The Hall–Kier alpha value is -2.47. The highest BCUT2D eigenvalue weighted by atomic mass is 32.2. The minimum Gasteiger partial charge on any atom is -0.409 e. The summed E-state index contributed by atoms with van der Waals surface area (Å²) in [5.74, 6) is -0.180. The van der Waals surface area contributed by atoms with Gasteiger partial charge in [-0.15, -0.1) is 0 Å². The van der Waals surface area contributed by atoms with Crippen LogP contribution in [0.3, 0.4) is 0 Å². The number of thioether (sulfide) groups is 1. The van der Waals surface area contributed by atoms with Gasteiger partial charge in [-0.25, -0.2) is 0 Å². The molecule has 1 atom stereocenters. The van der Waals surface area contributed by atoms with E-state index in [1.165, 1.54) is 16.8 Å². The van der Waals surface area contributed by atoms with Crippen molar-refractivity contribution in [1.82, 2.24) is 5.01 Å². The SMILES string of the molecule is CC1(c2ccccc2)SC(=NO)N(Nc2ccccc2)C1=O. The van der Waals surface area contributed by atoms with Gasteiger partial charge in [-0.1, -0.05) is 65.4 Å². The fourth-order valence-corrected chi connectivity index (χ4v) is 3.37. The molecule has 112 valence electrons. The van der Waals surface area contributed by atoms with E-state index >= 15 is 0 Å². The molecule has 0 radical (unpaired) electrons. The third-order valence-corrected chi connectivity index (χ3v) is 4.79. The van der Waals surface area contributed by atoms with E-state index in [0.29, 0.717) is 0 Å². The molecule has 2 N–H and O–H groups in total. The maximum atomic E-state index is 12.9. The number of amidine groups is 1. The number of nitrogens with zero attached hydrogens (tertiary/aromatic N) is 2. The van der Waals surface area contributed by atoms with Crippen molar-refractivity contribution in [2.24, 2.45) is 5.16 Å². The zero-order chi connectivity index (χ0) is 15.6. The van der Waals surface area contributed by atoms with Gasteiger partial charge < -0.3 is 5.21 Å². The molecule has 0 saturated carbocycles. The number of carbonyl (C=O) groups excluding carboxylic acids is 1. The maximum Gasteiger partial charge on any atom is 0.268 e. The lowest BCUT2D eigenvalue weighted by molar-refractivity contribution is -0.128. The zero-order valence-electron chi connectivity index (χ0n) is 11.9. The minimum atomic E-state index is -0.829. The van der Waals surface area contributed by atoms with E-state index in [9.17, 15) is 10.0 Å². The van der Waals surface area contributed by atoms with E-state index < -0.39 is 4.75 Å². The van der Waals surface area contributed by atoms with Gasteiger partial charge >= 0.3 is 0 Å². The van der Waals surface area contributed by atoms with Crippen molar-refractivity contribution in [2.75, 3.05) is 5.43 Å². The Kier molecular flexibility index (Phi) is 3.77. The predicted molar refractivity (Wildman–Crippen MR) is 87.5 cm³/mol. The van der Waals surface area contributed by atoms with Crippen LogP contribution < -0.4 is 5.43 Å². The van der Waals surface area contributed by atoms with Gasteiger partial charge in [0.2, 0.25) is 5.17 Å². The van der Waals surface area contributed by atoms with E-state index in [-0.39, 0.29) is 11.1 Å². The summed E-state index contributed by atoms with van der Waals surface area (Å²) in [6, 6.07) is 18.8. The first-order valence-electron chi connectivity index (χ1n) is 6.78. The lowest BCUT2D eigenvalue weighted by Crippen LogP contribution is -2.40. The standard InChI is InChI=1S/C16H15N3O2S/c1-16(12-8-4-2-5-9-12)14(20)19(15(18-21)22-16)17-13-10-6-3-7-11-13/h2-11,17,21H,1H3. The Bertz CT molecular complexity index is 706. The molecule has 1 aliphatic rings. The van der Waals surface area contributed by atoms with Crippen molar-refractivity contribution >= 4 is 28.5 Å². The van der Waals surface area contributed by atoms with Crippen molar-refractivity contribution < 1.29 is 10.0 Å². The molecular weight excluding hydrogens is 298 g/mol. The summed E-state index contributed by atoms with van der Waals surface area (Å²) in [6.45, 7) is 1.83. The molecule has 2 aromatic rings. The summed E-state index contributed by atoms with van der Waals surface area (Å²) < 4.78 is -0.829. The molecule has 0 aromatic heterocycles. The van der Waals surface area contributed by atoms with Gasteiger partial charge in [-0.2, -0.15) is 5.01 Å². The second-order valence-electron chi connectivity index (χ2n) is 5.00. The highest BCUT2D eigenvalue weighted by Gasteiger charge is 2.50. The normalized spacial score (nSPS) is 23.0. The van der Waals surface area contributed by atoms with Gasteiger partial charge in [0, 0.05) is 0 Å². The lowest BCUT2D eigenvalue weighted by atomic mass is 9.99. The fourth-order valence-electron chi connectivity index (χ4n) is 2.32. The van der Waals surface area contributed by atoms with Crippen LogP contribution in [0.1, 0.15) is 12.5 Å². The summed E-state index contributed by atoms with van der Waals surface area (Å²) in [5.41, 5.74) is 4.60. The number of hydrogen-bond donors (Lipinski definition) is 2. The first-order valence-corrected chi connectivity index (χ1v) is 7.59. The van der Waals surface area contributed by atoms with Crippen LogP contribution in [0.25, 0.3) is 0 Å². The van der Waals surface area contributed by atoms with Crippen molar-refractivity contribution in [3.63, 3.8) is 0 Å². The molecule has 0 aliphatic carbocycles. The predicted octanol–water partition coefficient (Wildman–Crippen LogP) is 3.25. The molecule has 1 amide bonds. The first kappa shape index (κ1) is 14.5. The highest BCUT2D eigenvalue weighted by Crippen LogP contribution is 2.45. The molecule has 1 unspecified atom stereocenters. The topological polar surface area (TPSA) is 64.9 Å².